The molecule has 8 heteroatoms. The number of rotatable bonds is 6. The molecule has 0 radical (unpaired) electrons. The summed E-state index contributed by atoms with van der Waals surface area (Å²) in [7, 11) is 1.67. The van der Waals surface area contributed by atoms with Gasteiger partial charge in [-0.3, -0.25) is 9.79 Å². The number of carbonyl (C=O) groups excluding carboxylic acids is 1. The van der Waals surface area contributed by atoms with Crippen molar-refractivity contribution in [3.05, 3.63) is 33.8 Å². The molecule has 1 amide bonds. The number of aliphatic imine (C=N–C) groups is 1. The summed E-state index contributed by atoms with van der Waals surface area (Å²) in [5, 5.41) is 10.3. The molecule has 0 aliphatic carbocycles. The lowest BCUT2D eigenvalue weighted by molar-refractivity contribution is -0.121. The van der Waals surface area contributed by atoms with Crippen LogP contribution in [0.5, 0.6) is 0 Å². The van der Waals surface area contributed by atoms with Gasteiger partial charge in [0.05, 0.1) is 0 Å². The molecule has 0 fully saturated rings. The maximum absolute atomic E-state index is 11.5. The Kier molecular flexibility index (Phi) is 11.4. The third kappa shape index (κ3) is 9.22. The third-order valence-electron chi connectivity index (χ3n) is 2.78. The van der Waals surface area contributed by atoms with Gasteiger partial charge in [0.25, 0.3) is 0 Å². The quantitative estimate of drug-likeness (QED) is 0.338. The predicted octanol–water partition coefficient (Wildman–Crippen LogP) is 3.19. The van der Waals surface area contributed by atoms with Crippen molar-refractivity contribution in [2.24, 2.45) is 4.99 Å². The number of hydrogen-bond acceptors (Lipinski definition) is 2. The van der Waals surface area contributed by atoms with Crippen molar-refractivity contribution < 1.29 is 4.79 Å². The predicted molar refractivity (Wildman–Crippen MR) is 108 cm³/mol. The smallest absolute Gasteiger partial charge is 0.221 e. The third-order valence-corrected chi connectivity index (χ3v) is 3.37. The first-order chi connectivity index (χ1) is 10.4. The van der Waals surface area contributed by atoms with Crippen LogP contribution in [-0.2, 0) is 11.3 Å². The molecule has 0 saturated carbocycles. The Balaban J connectivity index is 0.00000484. The molecule has 0 spiro atoms. The van der Waals surface area contributed by atoms with E-state index in [0.717, 1.165) is 5.56 Å². The van der Waals surface area contributed by atoms with Gasteiger partial charge in [0.15, 0.2) is 5.96 Å². The molecular formula is C15H23Cl2IN4O. The molecule has 0 saturated heterocycles. The van der Waals surface area contributed by atoms with E-state index >= 15 is 0 Å². The molecule has 0 aliphatic rings. The van der Waals surface area contributed by atoms with Gasteiger partial charge in [0, 0.05) is 42.6 Å². The highest BCUT2D eigenvalue weighted by Crippen LogP contribution is 2.20. The number of nitrogens with zero attached hydrogens (tertiary/aromatic N) is 1. The van der Waals surface area contributed by atoms with Gasteiger partial charge < -0.3 is 16.0 Å². The van der Waals surface area contributed by atoms with Gasteiger partial charge in [-0.05, 0) is 31.5 Å². The zero-order chi connectivity index (χ0) is 16.5. The van der Waals surface area contributed by atoms with Crippen molar-refractivity contribution >= 4 is 59.0 Å². The molecule has 3 N–H and O–H groups in total. The summed E-state index contributed by atoms with van der Waals surface area (Å²) in [6.07, 6.45) is 0.389. The first-order valence-electron chi connectivity index (χ1n) is 7.10. The summed E-state index contributed by atoms with van der Waals surface area (Å²) in [4.78, 5) is 15.6. The molecule has 0 aliphatic heterocycles. The summed E-state index contributed by atoms with van der Waals surface area (Å²) in [5.41, 5.74) is 0.923. The Labute approximate surface area is 164 Å². The number of hydrogen-bond donors (Lipinski definition) is 3. The average Bonchev–Trinajstić information content (AvgIpc) is 2.43. The minimum Gasteiger partial charge on any atom is -0.356 e. The highest BCUT2D eigenvalue weighted by molar-refractivity contribution is 14.0. The number of halogens is 3. The standard InChI is InChI=1S/C15H22Cl2N4O.HI/c1-10(2)21-14(22)6-7-19-15(18-3)20-9-11-4-5-12(16)8-13(11)17;/h4-5,8,10H,6-7,9H2,1-3H3,(H,21,22)(H2,18,19,20);1H. The van der Waals surface area contributed by atoms with Crippen molar-refractivity contribution in [2.45, 2.75) is 32.9 Å². The summed E-state index contributed by atoms with van der Waals surface area (Å²) >= 11 is 12.0. The van der Waals surface area contributed by atoms with Crippen molar-refractivity contribution in [1.82, 2.24) is 16.0 Å². The van der Waals surface area contributed by atoms with Crippen LogP contribution in [0.15, 0.2) is 23.2 Å². The van der Waals surface area contributed by atoms with E-state index in [1.54, 1.807) is 19.2 Å². The van der Waals surface area contributed by atoms with Crippen LogP contribution in [0.1, 0.15) is 25.8 Å². The number of amides is 1. The lowest BCUT2D eigenvalue weighted by Crippen LogP contribution is -2.39. The van der Waals surface area contributed by atoms with E-state index in [9.17, 15) is 4.79 Å². The lowest BCUT2D eigenvalue weighted by atomic mass is 10.2. The molecule has 5 nitrogen and oxygen atoms in total. The Hall–Kier alpha value is -0.730. The first-order valence-corrected chi connectivity index (χ1v) is 7.85. The van der Waals surface area contributed by atoms with Crippen LogP contribution in [0.2, 0.25) is 10.0 Å². The van der Waals surface area contributed by atoms with Crippen LogP contribution >= 0.6 is 47.2 Å². The Morgan fingerprint density at radius 3 is 2.52 bits per heavy atom. The zero-order valence-electron chi connectivity index (χ0n) is 13.5. The highest BCUT2D eigenvalue weighted by atomic mass is 127. The number of guanidine groups is 1. The van der Waals surface area contributed by atoms with Gasteiger partial charge in [-0.25, -0.2) is 0 Å². The van der Waals surface area contributed by atoms with Crippen LogP contribution in [0.4, 0.5) is 0 Å². The van der Waals surface area contributed by atoms with Crippen LogP contribution in [-0.4, -0.2) is 31.5 Å². The first kappa shape index (κ1) is 22.3. The van der Waals surface area contributed by atoms with Crippen LogP contribution in [0.25, 0.3) is 0 Å². The second-order valence-electron chi connectivity index (χ2n) is 5.06. The number of carbonyl (C=O) groups is 1. The van der Waals surface area contributed by atoms with E-state index in [2.05, 4.69) is 20.9 Å². The molecule has 1 aromatic rings. The van der Waals surface area contributed by atoms with Gasteiger partial charge in [-0.15, -0.1) is 24.0 Å². The SMILES string of the molecule is CN=C(NCCC(=O)NC(C)C)NCc1ccc(Cl)cc1Cl.I. The van der Waals surface area contributed by atoms with Gasteiger partial charge in [-0.2, -0.15) is 0 Å². The van der Waals surface area contributed by atoms with Crippen LogP contribution in [0.3, 0.4) is 0 Å². The molecule has 0 heterocycles. The van der Waals surface area contributed by atoms with E-state index in [1.807, 2.05) is 19.9 Å². The lowest BCUT2D eigenvalue weighted by Gasteiger charge is -2.13. The van der Waals surface area contributed by atoms with Crippen molar-refractivity contribution in [3.63, 3.8) is 0 Å². The van der Waals surface area contributed by atoms with E-state index < -0.39 is 0 Å². The fourth-order valence-corrected chi connectivity index (χ4v) is 2.23. The van der Waals surface area contributed by atoms with E-state index in [4.69, 9.17) is 23.2 Å². The van der Waals surface area contributed by atoms with Crippen molar-refractivity contribution in [3.8, 4) is 0 Å². The molecular weight excluding hydrogens is 450 g/mol. The summed E-state index contributed by atoms with van der Waals surface area (Å²) in [6, 6.07) is 5.50. The average molecular weight is 473 g/mol. The molecule has 1 aromatic carbocycles. The number of benzene rings is 1. The fraction of sp³-hybridized carbons (Fsp3) is 0.467. The maximum atomic E-state index is 11.5. The summed E-state index contributed by atoms with van der Waals surface area (Å²) < 4.78 is 0. The number of nitrogens with one attached hydrogen (secondary N) is 3. The van der Waals surface area contributed by atoms with E-state index in [0.29, 0.717) is 35.5 Å². The molecule has 0 aromatic heterocycles. The zero-order valence-corrected chi connectivity index (χ0v) is 17.3. The highest BCUT2D eigenvalue weighted by Gasteiger charge is 2.05. The van der Waals surface area contributed by atoms with Crippen molar-refractivity contribution in [2.75, 3.05) is 13.6 Å². The Morgan fingerprint density at radius 1 is 1.26 bits per heavy atom. The maximum Gasteiger partial charge on any atom is 0.221 e. The normalized spacial score (nSPS) is 11.0. The molecule has 0 bridgehead atoms. The van der Waals surface area contributed by atoms with E-state index in [1.165, 1.54) is 0 Å². The molecule has 23 heavy (non-hydrogen) atoms. The topological polar surface area (TPSA) is 65.5 Å². The van der Waals surface area contributed by atoms with Crippen molar-refractivity contribution in [1.29, 1.82) is 0 Å². The van der Waals surface area contributed by atoms with Crippen LogP contribution in [0, 0.1) is 0 Å². The second-order valence-corrected chi connectivity index (χ2v) is 5.90. The summed E-state index contributed by atoms with van der Waals surface area (Å²) in [5.74, 6) is 0.627. The summed E-state index contributed by atoms with van der Waals surface area (Å²) in [6.45, 7) is 4.89. The molecule has 1 rings (SSSR count). The minimum atomic E-state index is 0. The molecule has 0 unspecified atom stereocenters. The minimum absolute atomic E-state index is 0. The largest absolute Gasteiger partial charge is 0.356 e. The Bertz CT molecular complexity index is 538. The van der Waals surface area contributed by atoms with Gasteiger partial charge in [0.1, 0.15) is 0 Å². The molecule has 0 atom stereocenters. The van der Waals surface area contributed by atoms with Gasteiger partial charge >= 0.3 is 0 Å². The van der Waals surface area contributed by atoms with Gasteiger partial charge in [-0.1, -0.05) is 29.3 Å². The molecule has 130 valence electrons. The van der Waals surface area contributed by atoms with E-state index in [-0.39, 0.29) is 35.9 Å². The second kappa shape index (κ2) is 11.8. The monoisotopic (exact) mass is 472 g/mol. The Morgan fingerprint density at radius 2 is 1.96 bits per heavy atom. The van der Waals surface area contributed by atoms with Crippen LogP contribution < -0.4 is 16.0 Å². The van der Waals surface area contributed by atoms with Gasteiger partial charge in [0.2, 0.25) is 5.91 Å². The fourth-order valence-electron chi connectivity index (χ4n) is 1.75.